The van der Waals surface area contributed by atoms with Gasteiger partial charge < -0.3 is 9.84 Å². The zero-order valence-corrected chi connectivity index (χ0v) is 16.0. The van der Waals surface area contributed by atoms with Gasteiger partial charge in [-0.15, -0.1) is 0 Å². The molecule has 10 heteroatoms. The quantitative estimate of drug-likeness (QED) is 0.447. The van der Waals surface area contributed by atoms with Crippen molar-refractivity contribution in [3.8, 4) is 22.5 Å². The highest BCUT2D eigenvalue weighted by molar-refractivity contribution is 6.31. The zero-order valence-electron chi connectivity index (χ0n) is 15.2. The Morgan fingerprint density at radius 1 is 1.32 bits per heavy atom. The molecular formula is C18H17ClFN5O3. The molecule has 0 fully saturated rings. The van der Waals surface area contributed by atoms with Gasteiger partial charge in [0.25, 0.3) is 0 Å². The Bertz CT molecular complexity index is 1040. The predicted octanol–water partition coefficient (Wildman–Crippen LogP) is 3.96. The van der Waals surface area contributed by atoms with Crippen LogP contribution in [0.25, 0.3) is 22.5 Å². The molecule has 2 heterocycles. The molecule has 8 nitrogen and oxygen atoms in total. The Balaban J connectivity index is 2.07. The number of hydroxylamine groups is 1. The van der Waals surface area contributed by atoms with Gasteiger partial charge in [0, 0.05) is 23.7 Å². The molecule has 0 saturated heterocycles. The van der Waals surface area contributed by atoms with Crippen LogP contribution in [-0.2, 0) is 0 Å². The summed E-state index contributed by atoms with van der Waals surface area (Å²) in [5, 5.41) is 15.2. The highest BCUT2D eigenvalue weighted by Gasteiger charge is 2.20. The molecule has 1 aromatic carbocycles. The first kappa shape index (κ1) is 19.7. The minimum Gasteiger partial charge on any atom is -0.339 e. The molecular weight excluding hydrogens is 389 g/mol. The lowest BCUT2D eigenvalue weighted by Gasteiger charge is -2.16. The number of nitrogens with one attached hydrogen (secondary N) is 2. The highest BCUT2D eigenvalue weighted by atomic mass is 35.5. The van der Waals surface area contributed by atoms with E-state index < -0.39 is 17.9 Å². The van der Waals surface area contributed by atoms with Crippen molar-refractivity contribution >= 4 is 17.6 Å². The summed E-state index contributed by atoms with van der Waals surface area (Å²) >= 11 is 6.06. The summed E-state index contributed by atoms with van der Waals surface area (Å²) in [5.74, 6) is -0.167. The van der Waals surface area contributed by atoms with E-state index in [4.69, 9.17) is 21.3 Å². The van der Waals surface area contributed by atoms with E-state index in [0.717, 1.165) is 5.56 Å². The number of benzene rings is 1. The maximum Gasteiger partial charge on any atom is 0.339 e. The van der Waals surface area contributed by atoms with Crippen molar-refractivity contribution in [2.24, 2.45) is 0 Å². The van der Waals surface area contributed by atoms with Crippen LogP contribution in [0, 0.1) is 19.7 Å². The molecule has 146 valence electrons. The summed E-state index contributed by atoms with van der Waals surface area (Å²) in [5.41, 5.74) is 4.05. The number of nitrogens with zero attached hydrogens (tertiary/aromatic N) is 3. The minimum absolute atomic E-state index is 0.109. The van der Waals surface area contributed by atoms with E-state index in [-0.39, 0.29) is 16.4 Å². The Morgan fingerprint density at radius 3 is 2.68 bits per heavy atom. The molecule has 0 spiro atoms. The van der Waals surface area contributed by atoms with E-state index in [2.05, 4.69) is 20.4 Å². The van der Waals surface area contributed by atoms with Gasteiger partial charge in [-0.1, -0.05) is 16.8 Å². The van der Waals surface area contributed by atoms with Gasteiger partial charge in [-0.3, -0.25) is 10.2 Å². The molecule has 0 radical (unpaired) electrons. The number of carbonyl (C=O) groups excluding carboxylic acids is 1. The maximum absolute atomic E-state index is 14.7. The Hall–Kier alpha value is -3.04. The number of urea groups is 1. The van der Waals surface area contributed by atoms with E-state index in [1.54, 1.807) is 39.1 Å². The molecule has 0 bridgehead atoms. The molecule has 2 aromatic heterocycles. The molecule has 1 atom stereocenters. The van der Waals surface area contributed by atoms with Crippen LogP contribution in [0.3, 0.4) is 0 Å². The Labute approximate surface area is 164 Å². The van der Waals surface area contributed by atoms with E-state index in [0.29, 0.717) is 22.7 Å². The van der Waals surface area contributed by atoms with Crippen molar-refractivity contribution in [2.75, 3.05) is 0 Å². The summed E-state index contributed by atoms with van der Waals surface area (Å²) < 4.78 is 19.7. The fourth-order valence-electron chi connectivity index (χ4n) is 2.91. The molecule has 3 aromatic rings. The molecule has 1 unspecified atom stereocenters. The molecule has 28 heavy (non-hydrogen) atoms. The number of hydrogen-bond acceptors (Lipinski definition) is 6. The highest BCUT2D eigenvalue weighted by Crippen LogP contribution is 2.36. The second kappa shape index (κ2) is 7.91. The third kappa shape index (κ3) is 3.95. The average molecular weight is 406 g/mol. The number of aryl methyl sites for hydroxylation is 2. The van der Waals surface area contributed by atoms with E-state index >= 15 is 0 Å². The number of rotatable bonds is 4. The van der Waals surface area contributed by atoms with Crippen LogP contribution in [0.4, 0.5) is 9.18 Å². The van der Waals surface area contributed by atoms with Gasteiger partial charge in [-0.05, 0) is 43.2 Å². The molecule has 3 N–H and O–H groups in total. The van der Waals surface area contributed by atoms with Gasteiger partial charge in [0.2, 0.25) is 11.7 Å². The fourth-order valence-corrected chi connectivity index (χ4v) is 3.12. The second-order valence-electron chi connectivity index (χ2n) is 6.18. The van der Waals surface area contributed by atoms with Crippen LogP contribution in [-0.4, -0.2) is 26.4 Å². The molecule has 2 amide bonds. The third-order valence-corrected chi connectivity index (χ3v) is 4.31. The van der Waals surface area contributed by atoms with Crippen molar-refractivity contribution in [1.82, 2.24) is 25.9 Å². The molecule has 0 aliphatic carbocycles. The molecule has 0 aliphatic heterocycles. The molecule has 0 aliphatic rings. The van der Waals surface area contributed by atoms with Gasteiger partial charge >= 0.3 is 6.03 Å². The lowest BCUT2D eigenvalue weighted by molar-refractivity contribution is 0.159. The first-order valence-corrected chi connectivity index (χ1v) is 8.65. The van der Waals surface area contributed by atoms with E-state index in [9.17, 15) is 9.18 Å². The van der Waals surface area contributed by atoms with E-state index in [1.165, 1.54) is 11.5 Å². The third-order valence-electron chi connectivity index (χ3n) is 4.10. The SMILES string of the molecule is Cc1nc(-c2c(F)cc(Cl)cc2-c2cnc(C(C)NC(=O)NO)c(C)c2)no1. The lowest BCUT2D eigenvalue weighted by atomic mass is 9.97. The summed E-state index contributed by atoms with van der Waals surface area (Å²) in [4.78, 5) is 19.8. The zero-order chi connectivity index (χ0) is 20.4. The number of aromatic nitrogens is 3. The number of halogens is 2. The van der Waals surface area contributed by atoms with Crippen LogP contribution in [0.1, 0.15) is 30.1 Å². The van der Waals surface area contributed by atoms with Crippen LogP contribution in [0.2, 0.25) is 5.02 Å². The van der Waals surface area contributed by atoms with Crippen molar-refractivity contribution in [3.63, 3.8) is 0 Å². The summed E-state index contributed by atoms with van der Waals surface area (Å²) in [7, 11) is 0. The van der Waals surface area contributed by atoms with Crippen molar-refractivity contribution in [3.05, 3.63) is 52.4 Å². The van der Waals surface area contributed by atoms with Crippen LogP contribution >= 0.6 is 11.6 Å². The van der Waals surface area contributed by atoms with Crippen LogP contribution < -0.4 is 10.8 Å². The van der Waals surface area contributed by atoms with E-state index in [1.807, 2.05) is 0 Å². The van der Waals surface area contributed by atoms with Crippen molar-refractivity contribution in [2.45, 2.75) is 26.8 Å². The topological polar surface area (TPSA) is 113 Å². The first-order chi connectivity index (χ1) is 13.3. The number of pyridine rings is 1. The first-order valence-electron chi connectivity index (χ1n) is 8.27. The number of carbonyl (C=O) groups is 1. The lowest BCUT2D eigenvalue weighted by Crippen LogP contribution is -2.35. The smallest absolute Gasteiger partial charge is 0.339 e. The van der Waals surface area contributed by atoms with Gasteiger partial charge in [0.1, 0.15) is 5.82 Å². The Kier molecular flexibility index (Phi) is 5.57. The summed E-state index contributed by atoms with van der Waals surface area (Å²) in [6.45, 7) is 5.14. The molecule has 0 saturated carbocycles. The summed E-state index contributed by atoms with van der Waals surface area (Å²) in [6.07, 6.45) is 1.54. The van der Waals surface area contributed by atoms with Gasteiger partial charge in [-0.2, -0.15) is 4.98 Å². The second-order valence-corrected chi connectivity index (χ2v) is 6.62. The predicted molar refractivity (Wildman–Crippen MR) is 99.3 cm³/mol. The standard InChI is InChI=1S/C18H17ClFN5O3/c1-8-4-11(7-21-16(8)9(2)22-18(26)24-27)13-5-12(19)6-14(20)15(13)17-23-10(3)28-25-17/h4-7,9,27H,1-3H3,(H2,22,24,26). The van der Waals surface area contributed by atoms with Crippen molar-refractivity contribution < 1.29 is 18.9 Å². The van der Waals surface area contributed by atoms with Gasteiger partial charge in [0.05, 0.1) is 17.3 Å². The number of amides is 2. The van der Waals surface area contributed by atoms with Crippen LogP contribution in [0.15, 0.2) is 28.9 Å². The monoisotopic (exact) mass is 405 g/mol. The average Bonchev–Trinajstić information content (AvgIpc) is 3.06. The van der Waals surface area contributed by atoms with Crippen LogP contribution in [0.5, 0.6) is 0 Å². The number of hydrogen-bond donors (Lipinski definition) is 3. The Morgan fingerprint density at radius 2 is 2.07 bits per heavy atom. The van der Waals surface area contributed by atoms with Crippen molar-refractivity contribution in [1.29, 1.82) is 0 Å². The minimum atomic E-state index is -0.746. The fraction of sp³-hybridized carbons (Fsp3) is 0.222. The maximum atomic E-state index is 14.7. The van der Waals surface area contributed by atoms with Gasteiger partial charge in [-0.25, -0.2) is 14.7 Å². The van der Waals surface area contributed by atoms with Gasteiger partial charge in [0.15, 0.2) is 0 Å². The molecule has 3 rings (SSSR count). The summed E-state index contributed by atoms with van der Waals surface area (Å²) in [6, 6.07) is 3.36. The normalized spacial score (nSPS) is 11.9. The largest absolute Gasteiger partial charge is 0.339 e.